The Labute approximate surface area is 207 Å². The Morgan fingerprint density at radius 1 is 1.00 bits per heavy atom. The number of amides is 1. The van der Waals surface area contributed by atoms with E-state index in [1.165, 1.54) is 11.8 Å². The number of carbonyl (C=O) groups is 1. The van der Waals surface area contributed by atoms with Crippen molar-refractivity contribution in [3.05, 3.63) is 78.1 Å². The Kier molecular flexibility index (Phi) is 6.67. The molecule has 0 radical (unpaired) electrons. The van der Waals surface area contributed by atoms with Gasteiger partial charge < -0.3 is 14.4 Å². The average molecular weight is 488 g/mol. The molecule has 0 bridgehead atoms. The van der Waals surface area contributed by atoms with E-state index >= 15 is 0 Å². The van der Waals surface area contributed by atoms with Gasteiger partial charge in [-0.25, -0.2) is 0 Å². The summed E-state index contributed by atoms with van der Waals surface area (Å²) in [6, 6.07) is 17.7. The van der Waals surface area contributed by atoms with Crippen molar-refractivity contribution in [2.75, 3.05) is 26.0 Å². The fraction of sp³-hybridized carbons (Fsp3) is 0.231. The number of aryl methyl sites for hydroxylation is 1. The maximum atomic E-state index is 13.0. The summed E-state index contributed by atoms with van der Waals surface area (Å²) in [6.07, 6.45) is 3.46. The van der Waals surface area contributed by atoms with Crippen molar-refractivity contribution in [1.29, 1.82) is 0 Å². The maximum absolute atomic E-state index is 13.0. The Morgan fingerprint density at radius 3 is 2.51 bits per heavy atom. The Balaban J connectivity index is 1.32. The van der Waals surface area contributed by atoms with E-state index in [9.17, 15) is 4.79 Å². The molecule has 5 rings (SSSR count). The molecule has 9 heteroatoms. The number of hydrogen-bond acceptors (Lipinski definition) is 7. The molecule has 1 aliphatic rings. The van der Waals surface area contributed by atoms with Crippen molar-refractivity contribution in [3.8, 4) is 28.6 Å². The van der Waals surface area contributed by atoms with Crippen LogP contribution < -0.4 is 9.47 Å². The fourth-order valence-electron chi connectivity index (χ4n) is 3.76. The molecule has 0 N–H and O–H groups in total. The van der Waals surface area contributed by atoms with E-state index in [2.05, 4.69) is 15.2 Å². The Morgan fingerprint density at radius 2 is 1.74 bits per heavy atom. The van der Waals surface area contributed by atoms with Crippen LogP contribution in [0.1, 0.15) is 11.1 Å². The van der Waals surface area contributed by atoms with Crippen LogP contribution in [0.5, 0.6) is 11.5 Å². The first-order chi connectivity index (χ1) is 17.1. The molecule has 1 amide bonds. The molecule has 0 spiro atoms. The molecule has 0 saturated heterocycles. The quantitative estimate of drug-likeness (QED) is 0.362. The summed E-state index contributed by atoms with van der Waals surface area (Å²) in [6.45, 7) is 3.61. The van der Waals surface area contributed by atoms with Gasteiger partial charge in [-0.1, -0.05) is 35.5 Å². The number of nitrogens with zero attached hydrogens (tertiary/aromatic N) is 5. The highest BCUT2D eigenvalue weighted by atomic mass is 32.2. The van der Waals surface area contributed by atoms with E-state index < -0.39 is 0 Å². The van der Waals surface area contributed by atoms with E-state index in [-0.39, 0.29) is 11.7 Å². The molecule has 178 valence electrons. The third-order valence-electron chi connectivity index (χ3n) is 5.64. The van der Waals surface area contributed by atoms with E-state index in [4.69, 9.17) is 9.47 Å². The van der Waals surface area contributed by atoms with Crippen LogP contribution in [-0.4, -0.2) is 56.6 Å². The average Bonchev–Trinajstić information content (AvgIpc) is 3.32. The molecule has 2 aromatic heterocycles. The van der Waals surface area contributed by atoms with Crippen molar-refractivity contribution in [2.45, 2.75) is 18.6 Å². The molecule has 3 heterocycles. The van der Waals surface area contributed by atoms with Crippen LogP contribution in [0.3, 0.4) is 0 Å². The highest BCUT2D eigenvalue weighted by Crippen LogP contribution is 2.31. The number of ether oxygens (including phenoxy) is 2. The van der Waals surface area contributed by atoms with Gasteiger partial charge in [0.2, 0.25) is 5.91 Å². The normalized spacial score (nSPS) is 12.4. The number of benzene rings is 2. The molecular weight excluding hydrogens is 462 g/mol. The minimum Gasteiger partial charge on any atom is -0.486 e. The van der Waals surface area contributed by atoms with Crippen molar-refractivity contribution >= 4 is 17.7 Å². The summed E-state index contributed by atoms with van der Waals surface area (Å²) < 4.78 is 13.2. The van der Waals surface area contributed by atoms with Gasteiger partial charge in [-0.3, -0.25) is 14.3 Å². The SMILES string of the molecule is Cc1ccc(-n2c(SCC(=O)N(C)Cc3ccc4c(c3)OCCO4)nnc2-c2ccncc2)cc1. The standard InChI is InChI=1S/C26H25N5O3S/c1-18-3-6-21(7-4-18)31-25(20-9-11-27-12-10-20)28-29-26(31)35-17-24(32)30(2)16-19-5-8-22-23(15-19)34-14-13-33-22/h3-12,15H,13-14,16-17H2,1-2H3. The first-order valence-corrected chi connectivity index (χ1v) is 12.3. The van der Waals surface area contributed by atoms with Gasteiger partial charge in [0.15, 0.2) is 22.5 Å². The van der Waals surface area contributed by atoms with Crippen LogP contribution in [0, 0.1) is 6.92 Å². The van der Waals surface area contributed by atoms with Gasteiger partial charge >= 0.3 is 0 Å². The highest BCUT2D eigenvalue weighted by Gasteiger charge is 2.19. The van der Waals surface area contributed by atoms with Crippen LogP contribution in [0.2, 0.25) is 0 Å². The second-order valence-corrected chi connectivity index (χ2v) is 9.17. The lowest BCUT2D eigenvalue weighted by molar-refractivity contribution is -0.127. The molecule has 0 atom stereocenters. The number of aromatic nitrogens is 4. The van der Waals surface area contributed by atoms with Crippen LogP contribution in [-0.2, 0) is 11.3 Å². The van der Waals surface area contributed by atoms with Crippen LogP contribution >= 0.6 is 11.8 Å². The van der Waals surface area contributed by atoms with Gasteiger partial charge in [0.05, 0.1) is 5.75 Å². The van der Waals surface area contributed by atoms with Crippen molar-refractivity contribution < 1.29 is 14.3 Å². The largest absolute Gasteiger partial charge is 0.486 e. The molecule has 0 aliphatic carbocycles. The predicted octanol–water partition coefficient (Wildman–Crippen LogP) is 4.16. The number of pyridine rings is 1. The van der Waals surface area contributed by atoms with Crippen molar-refractivity contribution in [1.82, 2.24) is 24.6 Å². The summed E-state index contributed by atoms with van der Waals surface area (Å²) in [4.78, 5) is 18.8. The van der Waals surface area contributed by atoms with Gasteiger partial charge in [-0.05, 0) is 48.9 Å². The Bertz CT molecular complexity index is 1320. The highest BCUT2D eigenvalue weighted by molar-refractivity contribution is 7.99. The summed E-state index contributed by atoms with van der Waals surface area (Å²) >= 11 is 1.37. The molecule has 8 nitrogen and oxygen atoms in total. The minimum absolute atomic E-state index is 0.00573. The summed E-state index contributed by atoms with van der Waals surface area (Å²) in [5.41, 5.74) is 3.99. The summed E-state index contributed by atoms with van der Waals surface area (Å²) in [5, 5.41) is 9.49. The van der Waals surface area contributed by atoms with Gasteiger partial charge in [0.25, 0.3) is 0 Å². The zero-order valence-corrected chi connectivity index (χ0v) is 20.4. The summed E-state index contributed by atoms with van der Waals surface area (Å²) in [7, 11) is 1.80. The zero-order valence-electron chi connectivity index (χ0n) is 19.5. The fourth-order valence-corrected chi connectivity index (χ4v) is 4.66. The molecule has 4 aromatic rings. The van der Waals surface area contributed by atoms with Crippen LogP contribution in [0.4, 0.5) is 0 Å². The van der Waals surface area contributed by atoms with Crippen molar-refractivity contribution in [2.24, 2.45) is 0 Å². The topological polar surface area (TPSA) is 82.4 Å². The second kappa shape index (κ2) is 10.2. The molecule has 0 saturated carbocycles. The van der Waals surface area contributed by atoms with Crippen LogP contribution in [0.25, 0.3) is 17.1 Å². The van der Waals surface area contributed by atoms with E-state index in [0.29, 0.717) is 30.7 Å². The lowest BCUT2D eigenvalue weighted by Gasteiger charge is -2.21. The number of rotatable bonds is 7. The molecule has 1 aliphatic heterocycles. The first-order valence-electron chi connectivity index (χ1n) is 11.3. The van der Waals surface area contributed by atoms with E-state index in [1.807, 2.05) is 66.1 Å². The molecule has 0 fully saturated rings. The third-order valence-corrected chi connectivity index (χ3v) is 6.55. The first kappa shape index (κ1) is 22.9. The molecule has 0 unspecified atom stereocenters. The Hall–Kier alpha value is -3.85. The van der Waals surface area contributed by atoms with Gasteiger partial charge in [-0.15, -0.1) is 10.2 Å². The van der Waals surface area contributed by atoms with Gasteiger partial charge in [-0.2, -0.15) is 0 Å². The maximum Gasteiger partial charge on any atom is 0.233 e. The monoisotopic (exact) mass is 487 g/mol. The predicted molar refractivity (Wildman–Crippen MR) is 134 cm³/mol. The van der Waals surface area contributed by atoms with Gasteiger partial charge in [0, 0.05) is 37.2 Å². The molecule has 2 aromatic carbocycles. The lowest BCUT2D eigenvalue weighted by atomic mass is 10.2. The second-order valence-electron chi connectivity index (χ2n) is 8.23. The van der Waals surface area contributed by atoms with Crippen LogP contribution in [0.15, 0.2) is 72.1 Å². The minimum atomic E-state index is -0.00573. The zero-order chi connectivity index (χ0) is 24.2. The number of fused-ring (bicyclic) bond motifs is 1. The van der Waals surface area contributed by atoms with E-state index in [0.717, 1.165) is 33.9 Å². The molecule has 35 heavy (non-hydrogen) atoms. The summed E-state index contributed by atoms with van der Waals surface area (Å²) in [5.74, 6) is 2.40. The third kappa shape index (κ3) is 5.14. The van der Waals surface area contributed by atoms with Crippen molar-refractivity contribution in [3.63, 3.8) is 0 Å². The number of thioether (sulfide) groups is 1. The van der Waals surface area contributed by atoms with Gasteiger partial charge in [0.1, 0.15) is 13.2 Å². The lowest BCUT2D eigenvalue weighted by Crippen LogP contribution is -2.28. The number of carbonyl (C=O) groups excluding carboxylic acids is 1. The number of hydrogen-bond donors (Lipinski definition) is 0. The van der Waals surface area contributed by atoms with E-state index in [1.54, 1.807) is 24.3 Å². The molecular formula is C26H25N5O3S. The smallest absolute Gasteiger partial charge is 0.233 e.